The normalized spacial score (nSPS) is 16.8. The van der Waals surface area contributed by atoms with E-state index >= 15 is 0 Å². The van der Waals surface area contributed by atoms with Crippen LogP contribution in [0.25, 0.3) is 11.0 Å². The molecule has 2 aliphatic rings. The summed E-state index contributed by atoms with van der Waals surface area (Å²) in [4.78, 5) is 24.7. The molecule has 0 amide bonds. The fourth-order valence-electron chi connectivity index (χ4n) is 5.90. The number of piperidine rings is 1. The molecule has 2 aromatic carbocycles. The number of methoxy groups -OCH3 is 1. The molecule has 0 aliphatic carbocycles. The van der Waals surface area contributed by atoms with E-state index in [0.29, 0.717) is 41.4 Å². The van der Waals surface area contributed by atoms with E-state index in [-0.39, 0.29) is 30.8 Å². The van der Waals surface area contributed by atoms with Gasteiger partial charge in [-0.15, -0.1) is 0 Å². The third kappa shape index (κ3) is 6.88. The average molecular weight is 626 g/mol. The molecule has 6 rings (SSSR count). The fourth-order valence-corrected chi connectivity index (χ4v) is 5.90. The monoisotopic (exact) mass is 625 g/mol. The number of ether oxygens (including phenoxy) is 4. The smallest absolute Gasteiger partial charge is 0.338 e. The van der Waals surface area contributed by atoms with Crippen molar-refractivity contribution in [2.45, 2.75) is 51.0 Å². The zero-order chi connectivity index (χ0) is 32.0. The number of rotatable bonds is 12. The molecule has 238 valence electrons. The van der Waals surface area contributed by atoms with E-state index in [1.807, 2.05) is 24.3 Å². The molecule has 1 atom stereocenters. The molecule has 46 heavy (non-hydrogen) atoms. The minimum atomic E-state index is -0.472. The van der Waals surface area contributed by atoms with Crippen molar-refractivity contribution >= 4 is 17.0 Å². The van der Waals surface area contributed by atoms with Crippen molar-refractivity contribution in [3.05, 3.63) is 95.2 Å². The van der Waals surface area contributed by atoms with Crippen LogP contribution in [0.4, 0.5) is 4.39 Å². The molecular formula is C35H36FN5O5. The summed E-state index contributed by atoms with van der Waals surface area (Å²) >= 11 is 0. The summed E-state index contributed by atoms with van der Waals surface area (Å²) in [5.41, 5.74) is 3.50. The van der Waals surface area contributed by atoms with Crippen molar-refractivity contribution in [1.29, 1.82) is 5.26 Å². The molecule has 4 heterocycles. The van der Waals surface area contributed by atoms with E-state index in [1.165, 1.54) is 13.2 Å². The fraction of sp³-hybridized carbons (Fsp3) is 0.371. The van der Waals surface area contributed by atoms with Gasteiger partial charge in [-0.3, -0.25) is 4.90 Å². The maximum Gasteiger partial charge on any atom is 0.338 e. The van der Waals surface area contributed by atoms with Crippen molar-refractivity contribution in [2.75, 3.05) is 33.4 Å². The SMILES string of the molecule is C=CCOc1cc(C(=O)OC)cc2c1nc(CN1CCC(c3cccc(OCc4ccc(C#N)cc4F)n3)CC1)n2C[C@@H]1CCO1. The number of carbonyl (C=O) groups excluding carboxylic acids is 1. The van der Waals surface area contributed by atoms with Gasteiger partial charge >= 0.3 is 5.97 Å². The van der Waals surface area contributed by atoms with Gasteiger partial charge in [-0.25, -0.2) is 19.2 Å². The number of aromatic nitrogens is 3. The van der Waals surface area contributed by atoms with Crippen molar-refractivity contribution in [3.63, 3.8) is 0 Å². The molecule has 2 fully saturated rings. The summed E-state index contributed by atoms with van der Waals surface area (Å²) in [5.74, 6) is 1.19. The van der Waals surface area contributed by atoms with Crippen molar-refractivity contribution < 1.29 is 28.1 Å². The highest BCUT2D eigenvalue weighted by Gasteiger charge is 2.27. The second kappa shape index (κ2) is 14.1. The van der Waals surface area contributed by atoms with Crippen molar-refractivity contribution in [2.24, 2.45) is 0 Å². The summed E-state index contributed by atoms with van der Waals surface area (Å²) in [7, 11) is 1.36. The minimum absolute atomic E-state index is 0.0286. The Balaban J connectivity index is 1.15. The first-order chi connectivity index (χ1) is 22.4. The van der Waals surface area contributed by atoms with Crippen LogP contribution in [-0.4, -0.2) is 64.9 Å². The van der Waals surface area contributed by atoms with Gasteiger partial charge in [0, 0.05) is 29.8 Å². The largest absolute Gasteiger partial charge is 0.487 e. The van der Waals surface area contributed by atoms with E-state index in [2.05, 4.69) is 16.0 Å². The maximum absolute atomic E-state index is 14.3. The van der Waals surface area contributed by atoms with E-state index in [9.17, 15) is 9.18 Å². The predicted molar refractivity (Wildman–Crippen MR) is 168 cm³/mol. The number of hydrogen-bond donors (Lipinski definition) is 0. The lowest BCUT2D eigenvalue weighted by atomic mass is 9.93. The van der Waals surface area contributed by atoms with Crippen LogP contribution in [0.3, 0.4) is 0 Å². The highest BCUT2D eigenvalue weighted by Crippen LogP contribution is 2.33. The Kier molecular flexibility index (Phi) is 9.57. The summed E-state index contributed by atoms with van der Waals surface area (Å²) in [6.45, 7) is 7.78. The number of nitrogens with zero attached hydrogens (tertiary/aromatic N) is 5. The van der Waals surface area contributed by atoms with Crippen LogP contribution in [0.15, 0.2) is 61.2 Å². The van der Waals surface area contributed by atoms with Crippen LogP contribution in [0, 0.1) is 17.1 Å². The number of benzene rings is 2. The number of carbonyl (C=O) groups is 1. The number of likely N-dealkylation sites (tertiary alicyclic amines) is 1. The summed E-state index contributed by atoms with van der Waals surface area (Å²) < 4.78 is 39.0. The lowest BCUT2D eigenvalue weighted by Gasteiger charge is -2.32. The molecule has 0 saturated carbocycles. The highest BCUT2D eigenvalue weighted by atomic mass is 19.1. The standard InChI is InChI=1S/C35H36FN5O5/c1-3-14-45-31-18-26(35(42)43-2)17-30-34(31)39-32(41(30)20-27-11-15-44-27)21-40-12-9-24(10-13-40)29-5-4-6-33(38-29)46-22-25-8-7-23(19-37)16-28(25)36/h3-8,16-18,24,27H,1,9-15,20-22H2,2H3/t27-/m0/s1. The number of esters is 1. The van der Waals surface area contributed by atoms with Gasteiger partial charge in [0.2, 0.25) is 5.88 Å². The molecule has 0 unspecified atom stereocenters. The second-order valence-corrected chi connectivity index (χ2v) is 11.5. The topological polar surface area (TPSA) is 112 Å². The van der Waals surface area contributed by atoms with E-state index in [4.69, 9.17) is 34.2 Å². The van der Waals surface area contributed by atoms with Crippen LogP contribution < -0.4 is 9.47 Å². The zero-order valence-corrected chi connectivity index (χ0v) is 25.8. The third-order valence-electron chi connectivity index (χ3n) is 8.53. The number of hydrogen-bond acceptors (Lipinski definition) is 9. The molecule has 11 heteroatoms. The molecule has 0 N–H and O–H groups in total. The number of imidazole rings is 1. The molecular weight excluding hydrogens is 589 g/mol. The Hall–Kier alpha value is -4.79. The summed E-state index contributed by atoms with van der Waals surface area (Å²) in [6.07, 6.45) is 4.54. The van der Waals surface area contributed by atoms with E-state index in [1.54, 1.807) is 30.3 Å². The van der Waals surface area contributed by atoms with Gasteiger partial charge in [-0.1, -0.05) is 24.8 Å². The summed E-state index contributed by atoms with van der Waals surface area (Å²) in [6, 6.07) is 15.5. The van der Waals surface area contributed by atoms with Gasteiger partial charge in [0.25, 0.3) is 0 Å². The molecule has 4 aromatic rings. The van der Waals surface area contributed by atoms with Gasteiger partial charge in [-0.2, -0.15) is 5.26 Å². The molecule has 0 bridgehead atoms. The van der Waals surface area contributed by atoms with Gasteiger partial charge in [0.05, 0.1) is 49.0 Å². The van der Waals surface area contributed by atoms with Crippen LogP contribution in [0.5, 0.6) is 11.6 Å². The maximum atomic E-state index is 14.3. The van der Waals surface area contributed by atoms with Crippen LogP contribution in [0.1, 0.15) is 58.2 Å². The molecule has 0 radical (unpaired) electrons. The highest BCUT2D eigenvalue weighted by molar-refractivity contribution is 5.96. The summed E-state index contributed by atoms with van der Waals surface area (Å²) in [5, 5.41) is 8.97. The molecule has 2 aliphatic heterocycles. The molecule has 10 nitrogen and oxygen atoms in total. The van der Waals surface area contributed by atoms with Crippen molar-refractivity contribution in [1.82, 2.24) is 19.4 Å². The number of fused-ring (bicyclic) bond motifs is 1. The first-order valence-corrected chi connectivity index (χ1v) is 15.4. The lowest BCUT2D eigenvalue weighted by Crippen LogP contribution is -2.35. The van der Waals surface area contributed by atoms with E-state index < -0.39 is 11.8 Å². The second-order valence-electron chi connectivity index (χ2n) is 11.5. The molecule has 2 saturated heterocycles. The van der Waals surface area contributed by atoms with Crippen molar-refractivity contribution in [3.8, 4) is 17.7 Å². The predicted octanol–water partition coefficient (Wildman–Crippen LogP) is 5.54. The number of pyridine rings is 1. The van der Waals surface area contributed by atoms with Gasteiger partial charge in [0.1, 0.15) is 36.1 Å². The van der Waals surface area contributed by atoms with Crippen LogP contribution in [0.2, 0.25) is 0 Å². The van der Waals surface area contributed by atoms with Crippen LogP contribution in [-0.2, 0) is 29.2 Å². The Bertz CT molecular complexity index is 1770. The average Bonchev–Trinajstić information content (AvgIpc) is 3.41. The lowest BCUT2D eigenvalue weighted by molar-refractivity contribution is -0.0592. The van der Waals surface area contributed by atoms with Crippen LogP contribution >= 0.6 is 0 Å². The zero-order valence-electron chi connectivity index (χ0n) is 25.8. The first-order valence-electron chi connectivity index (χ1n) is 15.4. The Morgan fingerprint density at radius 3 is 2.67 bits per heavy atom. The number of nitriles is 1. The van der Waals surface area contributed by atoms with E-state index in [0.717, 1.165) is 56.0 Å². The Morgan fingerprint density at radius 1 is 1.15 bits per heavy atom. The molecule has 0 spiro atoms. The number of halogens is 1. The van der Waals surface area contributed by atoms with Gasteiger partial charge in [-0.05, 0) is 62.7 Å². The van der Waals surface area contributed by atoms with Gasteiger partial charge < -0.3 is 23.5 Å². The first kappa shape index (κ1) is 31.2. The quantitative estimate of drug-likeness (QED) is 0.148. The third-order valence-corrected chi connectivity index (χ3v) is 8.53. The minimum Gasteiger partial charge on any atom is -0.487 e. The Labute approximate surface area is 267 Å². The Morgan fingerprint density at radius 2 is 1.98 bits per heavy atom. The van der Waals surface area contributed by atoms with Gasteiger partial charge in [0.15, 0.2) is 0 Å². The molecule has 2 aromatic heterocycles.